The second-order valence-corrected chi connectivity index (χ2v) is 4.89. The normalized spacial score (nSPS) is 16.0. The van der Waals surface area contributed by atoms with Gasteiger partial charge in [-0.2, -0.15) is 0 Å². The first-order chi connectivity index (χ1) is 9.65. The molecule has 2 heterocycles. The summed E-state index contributed by atoms with van der Waals surface area (Å²) in [6.07, 6.45) is 3.49. The summed E-state index contributed by atoms with van der Waals surface area (Å²) in [6.45, 7) is 0. The van der Waals surface area contributed by atoms with Crippen LogP contribution < -0.4 is 5.56 Å². The number of tetrazole rings is 1. The first-order valence-electron chi connectivity index (χ1n) is 6.34. The fraction of sp³-hybridized carbons (Fsp3) is 0.417. The maximum atomic E-state index is 11.1. The topological polar surface area (TPSA) is 114 Å². The first kappa shape index (κ1) is 12.5. The number of hydrogen-bond donors (Lipinski definition) is 2. The molecule has 1 aliphatic rings. The summed E-state index contributed by atoms with van der Waals surface area (Å²) in [5, 5.41) is 20.5. The lowest BCUT2D eigenvalue weighted by atomic mass is 10.1. The molecule has 1 aliphatic carbocycles. The average molecular weight is 275 g/mol. The molecule has 0 radical (unpaired) electrons. The molecule has 104 valence electrons. The van der Waals surface area contributed by atoms with E-state index in [0.29, 0.717) is 17.3 Å². The van der Waals surface area contributed by atoms with Crippen molar-refractivity contribution in [3.63, 3.8) is 0 Å². The van der Waals surface area contributed by atoms with E-state index < -0.39 is 5.97 Å². The summed E-state index contributed by atoms with van der Waals surface area (Å²) in [4.78, 5) is 24.6. The van der Waals surface area contributed by atoms with Crippen LogP contribution in [0.4, 0.5) is 0 Å². The van der Waals surface area contributed by atoms with Gasteiger partial charge >= 0.3 is 5.97 Å². The van der Waals surface area contributed by atoms with Crippen LogP contribution in [0.2, 0.25) is 0 Å². The van der Waals surface area contributed by atoms with E-state index in [1.165, 1.54) is 12.3 Å². The molecule has 0 amide bonds. The molecule has 1 saturated carbocycles. The number of rotatable bonds is 5. The third-order valence-corrected chi connectivity index (χ3v) is 3.40. The molecule has 8 nitrogen and oxygen atoms in total. The van der Waals surface area contributed by atoms with E-state index in [1.54, 1.807) is 10.7 Å². The SMILES string of the molecule is O=C(O)CC(C1CC1)n1nnnc1-c1ccc(=O)[nH]c1. The number of aliphatic carboxylic acids is 1. The number of carbonyl (C=O) groups is 1. The van der Waals surface area contributed by atoms with Crippen LogP contribution in [0.1, 0.15) is 25.3 Å². The summed E-state index contributed by atoms with van der Waals surface area (Å²) in [5.41, 5.74) is 0.447. The number of aromatic nitrogens is 5. The fourth-order valence-corrected chi connectivity index (χ4v) is 2.27. The lowest BCUT2D eigenvalue weighted by molar-refractivity contribution is -0.138. The molecule has 8 heteroatoms. The van der Waals surface area contributed by atoms with Crippen molar-refractivity contribution in [2.24, 2.45) is 5.92 Å². The third kappa shape index (κ3) is 2.44. The second-order valence-electron chi connectivity index (χ2n) is 4.89. The Hall–Kier alpha value is -2.51. The standard InChI is InChI=1S/C12H13N5O3/c18-10-4-3-8(6-13-10)12-14-15-16-17(12)9(5-11(19)20)7-1-2-7/h3-4,6-7,9H,1-2,5H2,(H,13,18)(H,19,20). The summed E-state index contributed by atoms with van der Waals surface area (Å²) in [7, 11) is 0. The molecule has 1 fully saturated rings. The number of pyridine rings is 1. The smallest absolute Gasteiger partial charge is 0.305 e. The van der Waals surface area contributed by atoms with Gasteiger partial charge in [0.1, 0.15) is 0 Å². The Balaban J connectivity index is 1.97. The van der Waals surface area contributed by atoms with Gasteiger partial charge in [0.25, 0.3) is 0 Å². The Kier molecular flexibility index (Phi) is 3.05. The lowest BCUT2D eigenvalue weighted by Gasteiger charge is -2.15. The van der Waals surface area contributed by atoms with Gasteiger partial charge in [-0.3, -0.25) is 9.59 Å². The van der Waals surface area contributed by atoms with Crippen LogP contribution >= 0.6 is 0 Å². The van der Waals surface area contributed by atoms with Crippen LogP contribution in [0.15, 0.2) is 23.1 Å². The van der Waals surface area contributed by atoms with Crippen molar-refractivity contribution in [2.45, 2.75) is 25.3 Å². The van der Waals surface area contributed by atoms with E-state index in [2.05, 4.69) is 20.5 Å². The van der Waals surface area contributed by atoms with Gasteiger partial charge in [0.05, 0.1) is 12.5 Å². The van der Waals surface area contributed by atoms with Crippen molar-refractivity contribution < 1.29 is 9.90 Å². The van der Waals surface area contributed by atoms with Crippen LogP contribution in [-0.2, 0) is 4.79 Å². The van der Waals surface area contributed by atoms with E-state index in [-0.39, 0.29) is 18.0 Å². The molecular formula is C12H13N5O3. The summed E-state index contributed by atoms with van der Waals surface area (Å²) in [6, 6.07) is 2.76. The van der Waals surface area contributed by atoms with Crippen molar-refractivity contribution in [2.75, 3.05) is 0 Å². The van der Waals surface area contributed by atoms with E-state index in [1.807, 2.05) is 0 Å². The van der Waals surface area contributed by atoms with Crippen molar-refractivity contribution in [3.8, 4) is 11.4 Å². The predicted octanol–water partition coefficient (Wildman–Crippen LogP) is 0.454. The Morgan fingerprint density at radius 2 is 2.30 bits per heavy atom. The molecule has 1 unspecified atom stereocenters. The van der Waals surface area contributed by atoms with Crippen LogP contribution in [0.3, 0.4) is 0 Å². The van der Waals surface area contributed by atoms with E-state index in [4.69, 9.17) is 5.11 Å². The van der Waals surface area contributed by atoms with E-state index in [0.717, 1.165) is 12.8 Å². The first-order valence-corrected chi connectivity index (χ1v) is 6.34. The molecule has 2 aromatic rings. The maximum Gasteiger partial charge on any atom is 0.305 e. The van der Waals surface area contributed by atoms with Crippen LogP contribution in [0.5, 0.6) is 0 Å². The zero-order chi connectivity index (χ0) is 14.1. The number of aromatic amines is 1. The van der Waals surface area contributed by atoms with Gasteiger partial charge in [0.2, 0.25) is 5.56 Å². The summed E-state index contributed by atoms with van der Waals surface area (Å²) in [5.74, 6) is -0.0969. The Morgan fingerprint density at radius 1 is 1.50 bits per heavy atom. The van der Waals surface area contributed by atoms with E-state index in [9.17, 15) is 9.59 Å². The highest BCUT2D eigenvalue weighted by molar-refractivity contribution is 5.67. The van der Waals surface area contributed by atoms with Crippen LogP contribution in [-0.4, -0.2) is 36.3 Å². The lowest BCUT2D eigenvalue weighted by Crippen LogP contribution is -2.18. The van der Waals surface area contributed by atoms with Crippen molar-refractivity contribution in [3.05, 3.63) is 28.7 Å². The molecule has 0 saturated heterocycles. The monoisotopic (exact) mass is 275 g/mol. The number of carboxylic acid groups (broad SMARTS) is 1. The third-order valence-electron chi connectivity index (χ3n) is 3.40. The van der Waals surface area contributed by atoms with Gasteiger partial charge in [-0.1, -0.05) is 0 Å². The van der Waals surface area contributed by atoms with Crippen molar-refractivity contribution in [1.29, 1.82) is 0 Å². The zero-order valence-corrected chi connectivity index (χ0v) is 10.6. The van der Waals surface area contributed by atoms with Crippen molar-refractivity contribution >= 4 is 5.97 Å². The van der Waals surface area contributed by atoms with E-state index >= 15 is 0 Å². The molecular weight excluding hydrogens is 262 g/mol. The summed E-state index contributed by atoms with van der Waals surface area (Å²) < 4.78 is 1.55. The molecule has 0 bridgehead atoms. The number of hydrogen-bond acceptors (Lipinski definition) is 5. The summed E-state index contributed by atoms with van der Waals surface area (Å²) >= 11 is 0. The largest absolute Gasteiger partial charge is 0.481 e. The minimum atomic E-state index is -0.871. The fourth-order valence-electron chi connectivity index (χ4n) is 2.27. The maximum absolute atomic E-state index is 11.1. The van der Waals surface area contributed by atoms with Gasteiger partial charge in [-0.05, 0) is 35.3 Å². The van der Waals surface area contributed by atoms with Gasteiger partial charge in [-0.25, -0.2) is 4.68 Å². The highest BCUT2D eigenvalue weighted by atomic mass is 16.4. The Bertz CT molecular complexity index is 668. The average Bonchev–Trinajstić information content (AvgIpc) is 3.14. The highest BCUT2D eigenvalue weighted by Gasteiger charge is 2.36. The molecule has 1 atom stereocenters. The molecule has 3 rings (SSSR count). The Labute approximate surface area is 113 Å². The van der Waals surface area contributed by atoms with Gasteiger partial charge in [0, 0.05) is 17.8 Å². The minimum absolute atomic E-state index is 0.00788. The molecule has 0 aromatic carbocycles. The van der Waals surface area contributed by atoms with Crippen LogP contribution in [0.25, 0.3) is 11.4 Å². The van der Waals surface area contributed by atoms with Crippen LogP contribution in [0, 0.1) is 5.92 Å². The van der Waals surface area contributed by atoms with Gasteiger partial charge in [0.15, 0.2) is 5.82 Å². The number of H-pyrrole nitrogens is 1. The molecule has 0 spiro atoms. The Morgan fingerprint density at radius 3 is 2.90 bits per heavy atom. The second kappa shape index (κ2) is 4.87. The zero-order valence-electron chi connectivity index (χ0n) is 10.6. The number of nitrogens with one attached hydrogen (secondary N) is 1. The number of nitrogens with zero attached hydrogens (tertiary/aromatic N) is 4. The molecule has 2 N–H and O–H groups in total. The molecule has 0 aliphatic heterocycles. The quantitative estimate of drug-likeness (QED) is 0.819. The number of carboxylic acids is 1. The van der Waals surface area contributed by atoms with Gasteiger partial charge in [-0.15, -0.1) is 5.10 Å². The predicted molar refractivity (Wildman–Crippen MR) is 67.9 cm³/mol. The highest BCUT2D eigenvalue weighted by Crippen LogP contribution is 2.42. The molecule has 2 aromatic heterocycles. The van der Waals surface area contributed by atoms with Crippen molar-refractivity contribution in [1.82, 2.24) is 25.2 Å². The minimum Gasteiger partial charge on any atom is -0.481 e. The van der Waals surface area contributed by atoms with Gasteiger partial charge < -0.3 is 10.1 Å². The molecule has 20 heavy (non-hydrogen) atoms.